The van der Waals surface area contributed by atoms with Crippen molar-refractivity contribution in [2.45, 2.75) is 115 Å². The highest BCUT2D eigenvalue weighted by Crippen LogP contribution is 2.42. The molecule has 4 heterocycles. The highest BCUT2D eigenvalue weighted by Gasteiger charge is 2.50. The maximum absolute atomic E-state index is 12.8. The first-order valence-electron chi connectivity index (χ1n) is 16.9. The van der Waals surface area contributed by atoms with Crippen LogP contribution >= 0.6 is 0 Å². The number of hydrogen-bond acceptors (Lipinski definition) is 9. The molecule has 0 bridgehead atoms. The number of aromatic nitrogens is 2. The molecule has 6 rings (SSSR count). The largest absolute Gasteiger partial charge is 0.392 e. The van der Waals surface area contributed by atoms with E-state index in [-0.39, 0.29) is 18.6 Å². The molecule has 1 aromatic rings. The highest BCUT2D eigenvalue weighted by molar-refractivity contribution is 6.14. The molecule has 6 atom stereocenters. The van der Waals surface area contributed by atoms with Crippen molar-refractivity contribution in [1.82, 2.24) is 23.8 Å². The lowest BCUT2D eigenvalue weighted by molar-refractivity contribution is -0.127. The van der Waals surface area contributed by atoms with Gasteiger partial charge in [0.1, 0.15) is 43.3 Å². The van der Waals surface area contributed by atoms with Crippen molar-refractivity contribution in [3.05, 3.63) is 35.4 Å². The zero-order valence-corrected chi connectivity index (χ0v) is 28.1. The van der Waals surface area contributed by atoms with Crippen molar-refractivity contribution in [3.8, 4) is 0 Å². The lowest BCUT2D eigenvalue weighted by Crippen LogP contribution is -2.59. The normalized spacial score (nSPS) is 34.2. The SMILES string of the molecule is CCC[N+]1(C)CN(C)C(N)c2ncn([C@@H]3O[C@H](CN(C(C)C)C4CC(CCC5=NC6=CC=C(CC(F)(F)F)CC6=N5)C4)[C@@H](O)[C@H]3O)c21. The summed E-state index contributed by atoms with van der Waals surface area (Å²) in [5.74, 6) is 2.10. The number of hydrogen-bond donors (Lipinski definition) is 3. The molecule has 0 radical (unpaired) electrons. The molecule has 0 amide bonds. The first-order valence-corrected chi connectivity index (χ1v) is 16.9. The summed E-state index contributed by atoms with van der Waals surface area (Å²) in [4.78, 5) is 18.2. The van der Waals surface area contributed by atoms with Gasteiger partial charge in [0.2, 0.25) is 5.82 Å². The first kappa shape index (κ1) is 34.4. The minimum absolute atomic E-state index is 0.198. The fraction of sp³-hybridized carbons (Fsp3) is 0.727. The zero-order valence-electron chi connectivity index (χ0n) is 28.1. The summed E-state index contributed by atoms with van der Waals surface area (Å²) in [7, 11) is 4.14. The number of rotatable bonds is 11. The lowest BCUT2D eigenvalue weighted by Gasteiger charge is -2.46. The number of halogens is 3. The number of ether oxygens (including phenoxy) is 1. The maximum atomic E-state index is 12.8. The van der Waals surface area contributed by atoms with Crippen LogP contribution in [0.4, 0.5) is 19.0 Å². The minimum atomic E-state index is -4.23. The highest BCUT2D eigenvalue weighted by atomic mass is 19.4. The van der Waals surface area contributed by atoms with Gasteiger partial charge in [-0.05, 0) is 58.6 Å². The molecule has 1 saturated carbocycles. The predicted molar refractivity (Wildman–Crippen MR) is 174 cm³/mol. The molecule has 2 fully saturated rings. The number of allylic oxidation sites excluding steroid dienone is 4. The number of imidazole rings is 1. The Hall–Kier alpha value is -2.46. The van der Waals surface area contributed by atoms with Gasteiger partial charge in [-0.2, -0.15) is 13.2 Å². The van der Waals surface area contributed by atoms with E-state index < -0.39 is 37.1 Å². The van der Waals surface area contributed by atoms with Crippen LogP contribution < -0.4 is 10.2 Å². The molecule has 2 aliphatic carbocycles. The van der Waals surface area contributed by atoms with Gasteiger partial charge >= 0.3 is 6.18 Å². The van der Waals surface area contributed by atoms with Crippen LogP contribution in [-0.2, 0) is 4.74 Å². The van der Waals surface area contributed by atoms with Crippen molar-refractivity contribution in [2.24, 2.45) is 21.6 Å². The van der Waals surface area contributed by atoms with Crippen molar-refractivity contribution < 1.29 is 28.1 Å². The van der Waals surface area contributed by atoms with E-state index >= 15 is 0 Å². The average molecular weight is 664 g/mol. The zero-order chi connectivity index (χ0) is 33.8. The smallest absolute Gasteiger partial charge is 0.387 e. The van der Waals surface area contributed by atoms with Crippen LogP contribution in [0, 0.1) is 5.92 Å². The van der Waals surface area contributed by atoms with Crippen LogP contribution in [0.5, 0.6) is 0 Å². The van der Waals surface area contributed by atoms with E-state index in [1.54, 1.807) is 12.4 Å². The van der Waals surface area contributed by atoms with E-state index in [0.717, 1.165) is 43.7 Å². The number of nitrogens with two attached hydrogens (primary N) is 1. The molecule has 260 valence electrons. The van der Waals surface area contributed by atoms with E-state index in [1.165, 1.54) is 6.08 Å². The van der Waals surface area contributed by atoms with Gasteiger partial charge in [-0.15, -0.1) is 0 Å². The maximum Gasteiger partial charge on any atom is 0.392 e. The quantitative estimate of drug-likeness (QED) is 0.306. The van der Waals surface area contributed by atoms with E-state index in [1.807, 2.05) is 11.6 Å². The van der Waals surface area contributed by atoms with Crippen molar-refractivity contribution in [1.29, 1.82) is 0 Å². The van der Waals surface area contributed by atoms with Crippen molar-refractivity contribution in [3.63, 3.8) is 0 Å². The molecule has 5 aliphatic rings. The van der Waals surface area contributed by atoms with E-state index in [9.17, 15) is 23.4 Å². The lowest BCUT2D eigenvalue weighted by atomic mass is 9.76. The van der Waals surface area contributed by atoms with E-state index in [4.69, 9.17) is 10.5 Å². The molecule has 11 nitrogen and oxygen atoms in total. The van der Waals surface area contributed by atoms with Crippen LogP contribution in [0.25, 0.3) is 0 Å². The summed E-state index contributed by atoms with van der Waals surface area (Å²) < 4.78 is 47.4. The molecule has 1 aromatic heterocycles. The van der Waals surface area contributed by atoms with Gasteiger partial charge in [-0.1, -0.05) is 18.6 Å². The van der Waals surface area contributed by atoms with Gasteiger partial charge in [-0.25, -0.2) is 19.9 Å². The van der Waals surface area contributed by atoms with Gasteiger partial charge in [0.25, 0.3) is 0 Å². The van der Waals surface area contributed by atoms with Crippen LogP contribution in [0.1, 0.15) is 83.8 Å². The van der Waals surface area contributed by atoms with E-state index in [2.05, 4.69) is 52.6 Å². The molecule has 2 unspecified atom stereocenters. The number of nitrogens with zero attached hydrogens (tertiary/aromatic N) is 7. The molecule has 4 N–H and O–H groups in total. The number of aliphatic hydroxyl groups excluding tert-OH is 2. The van der Waals surface area contributed by atoms with Crippen LogP contribution in [0.15, 0.2) is 39.7 Å². The molecule has 14 heteroatoms. The Kier molecular flexibility index (Phi) is 9.59. The van der Waals surface area contributed by atoms with Gasteiger partial charge < -0.3 is 20.7 Å². The summed E-state index contributed by atoms with van der Waals surface area (Å²) in [6, 6.07) is 0.536. The summed E-state index contributed by atoms with van der Waals surface area (Å²) in [5, 5.41) is 22.5. The number of amidine groups is 1. The standard InChI is InChI=1S/C33H50F3N8O3/c1-6-11-44(5)18-41(4)30(37)27-31(44)43(17-38-27)32-29(46)28(45)25(47-32)16-42(19(2)3)22-12-20(13-22)8-10-26-39-23-9-7-21(14-24(23)40-26)15-33(34,35)36/h7,9,17,19-20,22,25,28-30,32,45-46H,6,8,10-16,18,37H2,1-5H3/q+1/t20?,22?,25-,28-,29-,30?,32-,44?/m1/s1. The number of aliphatic imine (C=N–C) groups is 2. The third kappa shape index (κ3) is 6.87. The molecular formula is C33H50F3N8O3+. The van der Waals surface area contributed by atoms with Crippen molar-refractivity contribution >= 4 is 17.4 Å². The predicted octanol–water partition coefficient (Wildman–Crippen LogP) is 4.00. The molecule has 3 aliphatic heterocycles. The third-order valence-corrected chi connectivity index (χ3v) is 10.5. The van der Waals surface area contributed by atoms with Crippen LogP contribution in [0.3, 0.4) is 0 Å². The second-order valence-electron chi connectivity index (χ2n) is 14.6. The van der Waals surface area contributed by atoms with Gasteiger partial charge in [0.05, 0.1) is 31.4 Å². The summed E-state index contributed by atoms with van der Waals surface area (Å²) in [6.45, 7) is 8.48. The molecule has 1 saturated heterocycles. The minimum Gasteiger partial charge on any atom is -0.387 e. The van der Waals surface area contributed by atoms with Gasteiger partial charge in [0, 0.05) is 31.5 Å². The Morgan fingerprint density at radius 2 is 1.91 bits per heavy atom. The number of aliphatic hydroxyl groups is 2. The number of alkyl halides is 3. The number of quaternary nitrogens is 1. The molecule has 0 spiro atoms. The topological polar surface area (TPSA) is 125 Å². The molecule has 0 aromatic carbocycles. The Morgan fingerprint density at radius 1 is 1.17 bits per heavy atom. The second-order valence-corrected chi connectivity index (χ2v) is 14.6. The van der Waals surface area contributed by atoms with Crippen LogP contribution in [-0.4, -0.2) is 112 Å². The Balaban J connectivity index is 1.05. The Labute approximate surface area is 274 Å². The van der Waals surface area contributed by atoms with E-state index in [0.29, 0.717) is 58.9 Å². The average Bonchev–Trinajstić information content (AvgIpc) is 3.66. The number of fused-ring (bicyclic) bond motifs is 2. The summed E-state index contributed by atoms with van der Waals surface area (Å²) in [6.07, 6.45) is 0.591. The van der Waals surface area contributed by atoms with Crippen molar-refractivity contribution in [2.75, 3.05) is 33.9 Å². The Bertz CT molecular complexity index is 1450. The second kappa shape index (κ2) is 13.1. The fourth-order valence-corrected chi connectivity index (χ4v) is 8.15. The Morgan fingerprint density at radius 3 is 2.60 bits per heavy atom. The first-order chi connectivity index (χ1) is 22.2. The van der Waals surface area contributed by atoms with Crippen LogP contribution in [0.2, 0.25) is 0 Å². The van der Waals surface area contributed by atoms with Gasteiger partial charge in [0.15, 0.2) is 11.9 Å². The molecular weight excluding hydrogens is 613 g/mol. The third-order valence-electron chi connectivity index (χ3n) is 10.5. The summed E-state index contributed by atoms with van der Waals surface area (Å²) >= 11 is 0. The van der Waals surface area contributed by atoms with Gasteiger partial charge in [-0.3, -0.25) is 14.0 Å². The fourth-order valence-electron chi connectivity index (χ4n) is 8.15. The molecule has 47 heavy (non-hydrogen) atoms. The monoisotopic (exact) mass is 663 g/mol. The summed E-state index contributed by atoms with van der Waals surface area (Å²) in [5.41, 5.74) is 8.91.